The van der Waals surface area contributed by atoms with Gasteiger partial charge in [-0.25, -0.2) is 0 Å². The van der Waals surface area contributed by atoms with Crippen molar-refractivity contribution in [1.29, 1.82) is 0 Å². The Morgan fingerprint density at radius 3 is 0.619 bits per heavy atom. The standard InChI is InChI=1S/CH4O3S.4BFH2O2/c1-5(2,3)4;4*2-1(3)4/h1H3,(H,2,3,4);4*3-4H. The molecule has 0 aromatic rings. The van der Waals surface area contributed by atoms with Crippen LogP contribution in [-0.2, 0) is 10.1 Å². The Bertz CT molecular complexity index is 218. The molecule has 0 aliphatic carbocycles. The maximum absolute atomic E-state index is 10.1. The van der Waals surface area contributed by atoms with Crippen LogP contribution in [0.5, 0.6) is 0 Å². The predicted molar refractivity (Wildman–Crippen MR) is 62.7 cm³/mol. The monoisotopic (exact) mass is 352 g/mol. The topological polar surface area (TPSA) is 216 Å². The van der Waals surface area contributed by atoms with Crippen LogP contribution in [0.25, 0.3) is 0 Å². The Kier molecular flexibility index (Phi) is 33.8. The van der Waals surface area contributed by atoms with Crippen LogP contribution in [-0.4, -0.2) is 89.0 Å². The summed E-state index contributed by atoms with van der Waals surface area (Å²) < 4.78 is 66.3. The number of rotatable bonds is 0. The molecule has 20 heteroatoms. The fraction of sp³-hybridized carbons (Fsp3) is 1.00. The third-order valence-corrected chi connectivity index (χ3v) is 0. The first kappa shape index (κ1) is 32.5. The highest BCUT2D eigenvalue weighted by molar-refractivity contribution is 7.85. The Hall–Kier alpha value is -0.430. The normalized spacial score (nSPS) is 7.90. The SMILES string of the molecule is CS(=O)(=O)O.OB(O)F.OB(O)F.OB(O)F.OB(O)F. The zero-order chi connectivity index (χ0) is 18.8. The van der Waals surface area contributed by atoms with Crippen LogP contribution in [0.4, 0.5) is 17.3 Å². The lowest BCUT2D eigenvalue weighted by Gasteiger charge is -1.69. The van der Waals surface area contributed by atoms with E-state index in [1.165, 1.54) is 0 Å². The molecule has 0 saturated heterocycles. The van der Waals surface area contributed by atoms with Crippen LogP contribution in [0.15, 0.2) is 0 Å². The van der Waals surface area contributed by atoms with Gasteiger partial charge >= 0.3 is 29.6 Å². The molecule has 0 aromatic heterocycles. The van der Waals surface area contributed by atoms with Gasteiger partial charge in [0, 0.05) is 0 Å². The lowest BCUT2D eigenvalue weighted by molar-refractivity contribution is 0.338. The molecule has 0 aliphatic rings. The Morgan fingerprint density at radius 1 is 0.619 bits per heavy atom. The number of hydrogen-bond acceptors (Lipinski definition) is 10. The van der Waals surface area contributed by atoms with E-state index in [0.29, 0.717) is 6.26 Å². The molecule has 0 spiro atoms. The molecule has 0 fully saturated rings. The molecule has 0 saturated carbocycles. The fourth-order valence-electron chi connectivity index (χ4n) is 0. The predicted octanol–water partition coefficient (Wildman–Crippen LogP) is -4.79. The van der Waals surface area contributed by atoms with Crippen LogP contribution in [0.2, 0.25) is 0 Å². The average Bonchev–Trinajstić information content (AvgIpc) is 1.91. The summed E-state index contributed by atoms with van der Waals surface area (Å²) in [5.74, 6) is 0. The zero-order valence-corrected chi connectivity index (χ0v) is 10.9. The maximum Gasteiger partial charge on any atom is 0.674 e. The molecule has 0 rings (SSSR count). The van der Waals surface area contributed by atoms with Gasteiger partial charge in [0.2, 0.25) is 0 Å². The van der Waals surface area contributed by atoms with E-state index >= 15 is 0 Å². The summed E-state index contributed by atoms with van der Waals surface area (Å²) in [6, 6.07) is 0. The summed E-state index contributed by atoms with van der Waals surface area (Å²) in [7, 11) is -14.3. The third kappa shape index (κ3) is 32600. The highest BCUT2D eigenvalue weighted by Crippen LogP contribution is 1.60. The molecule has 0 bridgehead atoms. The average molecular weight is 351 g/mol. The van der Waals surface area contributed by atoms with Gasteiger partial charge < -0.3 is 40.2 Å². The van der Waals surface area contributed by atoms with E-state index < -0.39 is 39.7 Å². The van der Waals surface area contributed by atoms with Crippen molar-refractivity contribution in [3.05, 3.63) is 0 Å². The second kappa shape index (κ2) is 21.9. The zero-order valence-electron chi connectivity index (χ0n) is 10.1. The quantitative estimate of drug-likeness (QED) is 0.115. The first-order valence-electron chi connectivity index (χ1n) is 3.86. The van der Waals surface area contributed by atoms with Gasteiger partial charge in [0.1, 0.15) is 0 Å². The van der Waals surface area contributed by atoms with Gasteiger partial charge in [-0.2, -0.15) is 8.42 Å². The second-order valence-electron chi connectivity index (χ2n) is 1.98. The molecule has 128 valence electrons. The van der Waals surface area contributed by atoms with Gasteiger partial charge in [-0.05, 0) is 0 Å². The minimum Gasteiger partial charge on any atom is -0.398 e. The van der Waals surface area contributed by atoms with Gasteiger partial charge in [-0.15, -0.1) is 0 Å². The molecule has 9 N–H and O–H groups in total. The number of halogens is 4. The molecule has 0 atom stereocenters. The number of hydrogen-bond donors (Lipinski definition) is 9. The smallest absolute Gasteiger partial charge is 0.398 e. The minimum atomic E-state index is -3.67. The second-order valence-corrected chi connectivity index (χ2v) is 3.44. The summed E-state index contributed by atoms with van der Waals surface area (Å²) in [4.78, 5) is 0. The molecule has 0 radical (unpaired) electrons. The first-order chi connectivity index (χ1) is 8.93. The van der Waals surface area contributed by atoms with Gasteiger partial charge in [-0.1, -0.05) is 0 Å². The van der Waals surface area contributed by atoms with Crippen molar-refractivity contribution in [2.75, 3.05) is 6.26 Å². The van der Waals surface area contributed by atoms with Crippen molar-refractivity contribution in [2.45, 2.75) is 0 Å². The molecule has 11 nitrogen and oxygen atoms in total. The largest absolute Gasteiger partial charge is 0.674 e. The van der Waals surface area contributed by atoms with Crippen LogP contribution in [0, 0.1) is 0 Å². The van der Waals surface area contributed by atoms with Crippen molar-refractivity contribution >= 4 is 39.7 Å². The Labute approximate surface area is 117 Å². The van der Waals surface area contributed by atoms with Gasteiger partial charge in [0.05, 0.1) is 6.26 Å². The molecular formula is CH12B4F4O11S. The highest BCUT2D eigenvalue weighted by Gasteiger charge is 1.98. The van der Waals surface area contributed by atoms with Crippen molar-refractivity contribution < 1.29 is 70.4 Å². The fourth-order valence-corrected chi connectivity index (χ4v) is 0. The van der Waals surface area contributed by atoms with E-state index in [1.807, 2.05) is 0 Å². The maximum atomic E-state index is 10.1. The van der Waals surface area contributed by atoms with Crippen molar-refractivity contribution in [3.63, 3.8) is 0 Å². The van der Waals surface area contributed by atoms with Crippen LogP contribution in [0.1, 0.15) is 0 Å². The molecule has 21 heavy (non-hydrogen) atoms. The van der Waals surface area contributed by atoms with Gasteiger partial charge in [0.25, 0.3) is 10.1 Å². The summed E-state index contributed by atoms with van der Waals surface area (Å²) in [5, 5.41) is 55.6. The van der Waals surface area contributed by atoms with Gasteiger partial charge in [0.15, 0.2) is 0 Å². The summed E-state index contributed by atoms with van der Waals surface area (Å²) in [5.41, 5.74) is 0. The molecule has 0 amide bonds. The molecule has 0 heterocycles. The van der Waals surface area contributed by atoms with Crippen molar-refractivity contribution in [1.82, 2.24) is 0 Å². The summed E-state index contributed by atoms with van der Waals surface area (Å²) in [6.45, 7) is 0. The molecular weight excluding hydrogens is 339 g/mol. The van der Waals surface area contributed by atoms with E-state index in [4.69, 9.17) is 44.7 Å². The van der Waals surface area contributed by atoms with E-state index in [1.54, 1.807) is 0 Å². The van der Waals surface area contributed by atoms with E-state index in [2.05, 4.69) is 0 Å². The first-order valence-corrected chi connectivity index (χ1v) is 5.71. The van der Waals surface area contributed by atoms with E-state index in [9.17, 15) is 25.7 Å². The Balaban J connectivity index is -0.0000000510. The van der Waals surface area contributed by atoms with Crippen LogP contribution >= 0.6 is 0 Å². The van der Waals surface area contributed by atoms with Gasteiger partial charge in [-0.3, -0.25) is 21.8 Å². The summed E-state index contributed by atoms with van der Waals surface area (Å²) in [6.07, 6.45) is 0.715. The third-order valence-electron chi connectivity index (χ3n) is 0. The van der Waals surface area contributed by atoms with Crippen molar-refractivity contribution in [3.8, 4) is 0 Å². The molecule has 0 aliphatic heterocycles. The summed E-state index contributed by atoms with van der Waals surface area (Å²) >= 11 is 0. The van der Waals surface area contributed by atoms with E-state index in [0.717, 1.165) is 0 Å². The Morgan fingerprint density at radius 2 is 0.619 bits per heavy atom. The molecule has 0 aromatic carbocycles. The minimum absolute atomic E-state index is 0.715. The molecule has 0 unspecified atom stereocenters. The highest BCUT2D eigenvalue weighted by atomic mass is 32.2. The lowest BCUT2D eigenvalue weighted by Crippen LogP contribution is -1.98. The van der Waals surface area contributed by atoms with Crippen LogP contribution < -0.4 is 0 Å². The van der Waals surface area contributed by atoms with Crippen molar-refractivity contribution in [2.24, 2.45) is 0 Å². The lowest BCUT2D eigenvalue weighted by atomic mass is 10.3. The van der Waals surface area contributed by atoms with Crippen LogP contribution in [0.3, 0.4) is 0 Å². The van der Waals surface area contributed by atoms with E-state index in [-0.39, 0.29) is 0 Å².